The van der Waals surface area contributed by atoms with Crippen LogP contribution in [0.15, 0.2) is 24.3 Å². The number of rotatable bonds is 8. The normalized spacial score (nSPS) is 11.1. The van der Waals surface area contributed by atoms with E-state index in [0.29, 0.717) is 23.8 Å². The van der Waals surface area contributed by atoms with Gasteiger partial charge in [0, 0.05) is 25.6 Å². The van der Waals surface area contributed by atoms with Crippen LogP contribution in [0.2, 0.25) is 0 Å². The topological polar surface area (TPSA) is 104 Å². The first-order valence-electron chi connectivity index (χ1n) is 7.33. The largest absolute Gasteiger partial charge is 0.356 e. The molecule has 0 radical (unpaired) electrons. The lowest BCUT2D eigenvalue weighted by Crippen LogP contribution is -2.30. The molecule has 0 bridgehead atoms. The first-order valence-corrected chi connectivity index (χ1v) is 8.98. The highest BCUT2D eigenvalue weighted by atomic mass is 32.2. The molecule has 3 N–H and O–H groups in total. The van der Waals surface area contributed by atoms with Gasteiger partial charge in [-0.05, 0) is 24.1 Å². The number of sulfonamides is 1. The minimum Gasteiger partial charge on any atom is -0.356 e. The van der Waals surface area contributed by atoms with Crippen LogP contribution in [0.1, 0.15) is 27.2 Å². The lowest BCUT2D eigenvalue weighted by molar-refractivity contribution is -0.120. The Labute approximate surface area is 136 Å². The highest BCUT2D eigenvalue weighted by Gasteiger charge is 2.14. The van der Waals surface area contributed by atoms with Crippen molar-refractivity contribution in [1.82, 2.24) is 5.32 Å². The minimum absolute atomic E-state index is 0.104. The van der Waals surface area contributed by atoms with Crippen LogP contribution in [-0.2, 0) is 19.6 Å². The van der Waals surface area contributed by atoms with Gasteiger partial charge in [0.1, 0.15) is 0 Å². The summed E-state index contributed by atoms with van der Waals surface area (Å²) >= 11 is 0. The van der Waals surface area contributed by atoms with E-state index >= 15 is 0 Å². The van der Waals surface area contributed by atoms with E-state index < -0.39 is 10.0 Å². The summed E-state index contributed by atoms with van der Waals surface area (Å²) in [5, 5.41) is 5.24. The van der Waals surface area contributed by atoms with Gasteiger partial charge in [0.05, 0.1) is 11.4 Å². The standard InChI is InChI=1S/C15H23N3O4S/c1-11(2)10-16-15(20)7-8-23(21,22)18-14-6-4-5-13(9-14)17-12(3)19/h4-6,9,11,18H,7-8,10H2,1-3H3,(H,16,20)(H,17,19). The first-order chi connectivity index (χ1) is 10.7. The molecule has 23 heavy (non-hydrogen) atoms. The van der Waals surface area contributed by atoms with Crippen LogP contribution in [0.3, 0.4) is 0 Å². The number of anilines is 2. The van der Waals surface area contributed by atoms with Gasteiger partial charge in [-0.15, -0.1) is 0 Å². The second-order valence-corrected chi connectivity index (χ2v) is 7.47. The predicted molar refractivity (Wildman–Crippen MR) is 90.6 cm³/mol. The summed E-state index contributed by atoms with van der Waals surface area (Å²) in [6.07, 6.45) is -0.104. The second-order valence-electron chi connectivity index (χ2n) is 5.63. The van der Waals surface area contributed by atoms with Gasteiger partial charge in [0.2, 0.25) is 21.8 Å². The maximum Gasteiger partial charge on any atom is 0.233 e. The second kappa shape index (κ2) is 8.52. The maximum absolute atomic E-state index is 12.0. The van der Waals surface area contributed by atoms with Crippen molar-refractivity contribution in [2.24, 2.45) is 5.92 Å². The molecule has 2 amide bonds. The Kier molecular flexibility index (Phi) is 7.02. The molecule has 1 rings (SSSR count). The fourth-order valence-corrected chi connectivity index (χ4v) is 2.77. The fourth-order valence-electron chi connectivity index (χ4n) is 1.73. The zero-order chi connectivity index (χ0) is 17.5. The van der Waals surface area contributed by atoms with Crippen LogP contribution in [0, 0.1) is 5.92 Å². The van der Waals surface area contributed by atoms with Gasteiger partial charge in [-0.25, -0.2) is 8.42 Å². The van der Waals surface area contributed by atoms with E-state index in [2.05, 4.69) is 15.4 Å². The maximum atomic E-state index is 12.0. The number of hydrogen-bond donors (Lipinski definition) is 3. The van der Waals surface area contributed by atoms with Crippen molar-refractivity contribution < 1.29 is 18.0 Å². The summed E-state index contributed by atoms with van der Waals surface area (Å²) in [5.74, 6) is -0.533. The predicted octanol–water partition coefficient (Wildman–Crippen LogP) is 1.55. The first kappa shape index (κ1) is 19.0. The average molecular weight is 341 g/mol. The van der Waals surface area contributed by atoms with Crippen molar-refractivity contribution in [1.29, 1.82) is 0 Å². The highest BCUT2D eigenvalue weighted by molar-refractivity contribution is 7.92. The highest BCUT2D eigenvalue weighted by Crippen LogP contribution is 2.16. The minimum atomic E-state index is -3.64. The molecule has 7 nitrogen and oxygen atoms in total. The van der Waals surface area contributed by atoms with Crippen molar-refractivity contribution in [2.45, 2.75) is 27.2 Å². The third kappa shape index (κ3) is 8.20. The number of carbonyl (C=O) groups excluding carboxylic acids is 2. The van der Waals surface area contributed by atoms with Gasteiger partial charge in [-0.1, -0.05) is 19.9 Å². The zero-order valence-corrected chi connectivity index (χ0v) is 14.4. The Balaban J connectivity index is 2.58. The molecule has 0 aliphatic heterocycles. The SMILES string of the molecule is CC(=O)Nc1cccc(NS(=O)(=O)CCC(=O)NCC(C)C)c1. The van der Waals surface area contributed by atoms with Gasteiger partial charge in [-0.3, -0.25) is 14.3 Å². The summed E-state index contributed by atoms with van der Waals surface area (Å²) in [5.41, 5.74) is 0.825. The summed E-state index contributed by atoms with van der Waals surface area (Å²) < 4.78 is 26.4. The van der Waals surface area contributed by atoms with Crippen molar-refractivity contribution in [3.63, 3.8) is 0 Å². The Morgan fingerprint density at radius 3 is 2.43 bits per heavy atom. The van der Waals surface area contributed by atoms with E-state index in [0.717, 1.165) is 0 Å². The molecule has 0 unspecified atom stereocenters. The lowest BCUT2D eigenvalue weighted by atomic mass is 10.2. The van der Waals surface area contributed by atoms with Crippen LogP contribution in [0.5, 0.6) is 0 Å². The van der Waals surface area contributed by atoms with Crippen LogP contribution in [0.4, 0.5) is 11.4 Å². The summed E-state index contributed by atoms with van der Waals surface area (Å²) in [4.78, 5) is 22.6. The molecule has 0 fully saturated rings. The third-order valence-corrected chi connectivity index (χ3v) is 4.05. The van der Waals surface area contributed by atoms with Crippen molar-refractivity contribution in [3.05, 3.63) is 24.3 Å². The Morgan fingerprint density at radius 1 is 1.17 bits per heavy atom. The van der Waals surface area contributed by atoms with E-state index in [1.54, 1.807) is 18.2 Å². The molecule has 1 aromatic rings. The van der Waals surface area contributed by atoms with E-state index in [1.807, 2.05) is 13.8 Å². The van der Waals surface area contributed by atoms with Gasteiger partial charge in [0.25, 0.3) is 0 Å². The molecule has 0 aliphatic carbocycles. The molecule has 0 spiro atoms. The molecule has 0 aliphatic rings. The third-order valence-electron chi connectivity index (χ3n) is 2.76. The van der Waals surface area contributed by atoms with E-state index in [4.69, 9.17) is 0 Å². The van der Waals surface area contributed by atoms with Crippen molar-refractivity contribution >= 4 is 33.2 Å². The molecule has 128 valence electrons. The van der Waals surface area contributed by atoms with Crippen LogP contribution >= 0.6 is 0 Å². The monoisotopic (exact) mass is 341 g/mol. The Morgan fingerprint density at radius 2 is 1.83 bits per heavy atom. The fraction of sp³-hybridized carbons (Fsp3) is 0.467. The van der Waals surface area contributed by atoms with E-state index in [-0.39, 0.29) is 24.0 Å². The molecule has 0 atom stereocenters. The number of carbonyl (C=O) groups is 2. The van der Waals surface area contributed by atoms with Crippen molar-refractivity contribution in [3.8, 4) is 0 Å². The molecule has 8 heteroatoms. The van der Waals surface area contributed by atoms with Gasteiger partial charge in [-0.2, -0.15) is 0 Å². The smallest absolute Gasteiger partial charge is 0.233 e. The molecular weight excluding hydrogens is 318 g/mol. The molecular formula is C15H23N3O4S. The van der Waals surface area contributed by atoms with Gasteiger partial charge >= 0.3 is 0 Å². The molecule has 0 aromatic heterocycles. The van der Waals surface area contributed by atoms with E-state index in [1.165, 1.54) is 13.0 Å². The van der Waals surface area contributed by atoms with Crippen LogP contribution in [-0.4, -0.2) is 32.5 Å². The van der Waals surface area contributed by atoms with Gasteiger partial charge in [0.15, 0.2) is 0 Å². The van der Waals surface area contributed by atoms with Crippen LogP contribution < -0.4 is 15.4 Å². The lowest BCUT2D eigenvalue weighted by Gasteiger charge is -2.10. The average Bonchev–Trinajstić information content (AvgIpc) is 2.42. The summed E-state index contributed by atoms with van der Waals surface area (Å²) in [6.45, 7) is 5.80. The molecule has 0 saturated carbocycles. The zero-order valence-electron chi connectivity index (χ0n) is 13.5. The number of hydrogen-bond acceptors (Lipinski definition) is 4. The summed E-state index contributed by atoms with van der Waals surface area (Å²) in [7, 11) is -3.64. The molecule has 0 heterocycles. The quantitative estimate of drug-likeness (QED) is 0.667. The van der Waals surface area contributed by atoms with Crippen molar-refractivity contribution in [2.75, 3.05) is 22.3 Å². The number of nitrogens with one attached hydrogen (secondary N) is 3. The van der Waals surface area contributed by atoms with Crippen LogP contribution in [0.25, 0.3) is 0 Å². The van der Waals surface area contributed by atoms with Gasteiger partial charge < -0.3 is 10.6 Å². The molecule has 0 saturated heterocycles. The number of benzene rings is 1. The summed E-state index contributed by atoms with van der Waals surface area (Å²) in [6, 6.07) is 6.36. The Bertz CT molecular complexity index is 656. The Hall–Kier alpha value is -2.09. The number of amides is 2. The van der Waals surface area contributed by atoms with E-state index in [9.17, 15) is 18.0 Å². The molecule has 1 aromatic carbocycles.